The third-order valence-corrected chi connectivity index (χ3v) is 2.21. The van der Waals surface area contributed by atoms with Crippen molar-refractivity contribution in [2.45, 2.75) is 40.2 Å². The average Bonchev–Trinajstić information content (AvgIpc) is 2.08. The number of hydrogen-bond donors (Lipinski definition) is 0. The molecule has 0 aromatic carbocycles. The molecule has 0 spiro atoms. The second-order valence-electron chi connectivity index (χ2n) is 4.40. The van der Waals surface area contributed by atoms with Crippen LogP contribution in [0.1, 0.15) is 34.1 Å². The lowest BCUT2D eigenvalue weighted by atomic mass is 9.79. The number of carbonyl (C=O) groups is 1. The lowest BCUT2D eigenvalue weighted by Gasteiger charge is -2.22. The summed E-state index contributed by atoms with van der Waals surface area (Å²) in [6.45, 7) is 8.19. The predicted octanol–water partition coefficient (Wildman–Crippen LogP) is 1.98. The van der Waals surface area contributed by atoms with E-state index in [0.29, 0.717) is 0 Å². The Hall–Kier alpha value is -0.530. The fraction of sp³-hybridized carbons (Fsp3) is 0.889. The van der Waals surface area contributed by atoms with Gasteiger partial charge in [0.25, 0.3) is 0 Å². The van der Waals surface area contributed by atoms with Gasteiger partial charge in [0.2, 0.25) is 0 Å². The van der Waals surface area contributed by atoms with Gasteiger partial charge in [0.15, 0.2) is 0 Å². The molecule has 0 N–H and O–H groups in total. The first kappa shape index (κ1) is 8.57. The van der Waals surface area contributed by atoms with Crippen LogP contribution >= 0.6 is 0 Å². The summed E-state index contributed by atoms with van der Waals surface area (Å²) >= 11 is 0. The number of esters is 1. The summed E-state index contributed by atoms with van der Waals surface area (Å²) in [5.41, 5.74) is 0.0574. The molecule has 2 heteroatoms. The molecule has 2 atom stereocenters. The lowest BCUT2D eigenvalue weighted by molar-refractivity contribution is -0.146. The van der Waals surface area contributed by atoms with Crippen molar-refractivity contribution in [1.29, 1.82) is 0 Å². The molecule has 0 radical (unpaired) electrons. The largest absolute Gasteiger partial charge is 0.462 e. The maximum Gasteiger partial charge on any atom is 0.309 e. The third kappa shape index (κ3) is 1.73. The van der Waals surface area contributed by atoms with Crippen molar-refractivity contribution in [3.8, 4) is 0 Å². The highest BCUT2D eigenvalue weighted by molar-refractivity contribution is 5.75. The molecule has 1 fully saturated rings. The van der Waals surface area contributed by atoms with Crippen molar-refractivity contribution in [1.82, 2.24) is 0 Å². The summed E-state index contributed by atoms with van der Waals surface area (Å²) in [7, 11) is 0. The summed E-state index contributed by atoms with van der Waals surface area (Å²) in [4.78, 5) is 11.2. The highest BCUT2D eigenvalue weighted by atomic mass is 16.5. The van der Waals surface area contributed by atoms with Crippen LogP contribution in [0.2, 0.25) is 0 Å². The van der Waals surface area contributed by atoms with E-state index >= 15 is 0 Å². The maximum atomic E-state index is 11.2. The first-order chi connectivity index (χ1) is 4.91. The Bertz CT molecular complexity index is 167. The Morgan fingerprint density at radius 1 is 1.45 bits per heavy atom. The minimum absolute atomic E-state index is 0.0231. The minimum Gasteiger partial charge on any atom is -0.462 e. The predicted molar refractivity (Wildman–Crippen MR) is 43.1 cm³/mol. The molecule has 0 bridgehead atoms. The standard InChI is InChI=1S/C9H16O2/c1-6-5-7(8(10)11-6)9(2,3)4/h6-7H,5H2,1-4H3. The Morgan fingerprint density at radius 2 is 2.00 bits per heavy atom. The molecule has 0 aromatic heterocycles. The SMILES string of the molecule is CC1CC(C(C)(C)C)C(=O)O1. The van der Waals surface area contributed by atoms with Gasteiger partial charge in [-0.2, -0.15) is 0 Å². The van der Waals surface area contributed by atoms with E-state index in [1.54, 1.807) is 0 Å². The molecule has 64 valence electrons. The molecule has 0 amide bonds. The zero-order valence-electron chi connectivity index (χ0n) is 7.68. The van der Waals surface area contributed by atoms with E-state index in [1.165, 1.54) is 0 Å². The van der Waals surface area contributed by atoms with Crippen LogP contribution in [0.25, 0.3) is 0 Å². The van der Waals surface area contributed by atoms with Crippen LogP contribution < -0.4 is 0 Å². The van der Waals surface area contributed by atoms with Crippen LogP contribution in [0.15, 0.2) is 0 Å². The Labute approximate surface area is 67.9 Å². The second kappa shape index (κ2) is 2.50. The molecular weight excluding hydrogens is 140 g/mol. The number of rotatable bonds is 0. The van der Waals surface area contributed by atoms with Gasteiger partial charge in [0.1, 0.15) is 0 Å². The van der Waals surface area contributed by atoms with Crippen LogP contribution in [0.3, 0.4) is 0 Å². The van der Waals surface area contributed by atoms with Crippen molar-refractivity contribution >= 4 is 5.97 Å². The van der Waals surface area contributed by atoms with E-state index in [9.17, 15) is 4.79 Å². The van der Waals surface area contributed by atoms with Crippen LogP contribution in [0.4, 0.5) is 0 Å². The highest BCUT2D eigenvalue weighted by Crippen LogP contribution is 2.35. The van der Waals surface area contributed by atoms with Gasteiger partial charge in [0, 0.05) is 0 Å². The number of carbonyl (C=O) groups excluding carboxylic acids is 1. The van der Waals surface area contributed by atoms with Gasteiger partial charge in [-0.1, -0.05) is 20.8 Å². The average molecular weight is 156 g/mol. The molecule has 2 unspecified atom stereocenters. The molecule has 1 aliphatic rings. The third-order valence-electron chi connectivity index (χ3n) is 2.21. The molecule has 2 nitrogen and oxygen atoms in total. The summed E-state index contributed by atoms with van der Waals surface area (Å²) < 4.78 is 5.06. The summed E-state index contributed by atoms with van der Waals surface area (Å²) in [5.74, 6) is 0.0718. The van der Waals surface area contributed by atoms with Gasteiger partial charge in [-0.15, -0.1) is 0 Å². The Balaban J connectivity index is 2.68. The monoisotopic (exact) mass is 156 g/mol. The molecule has 1 heterocycles. The Morgan fingerprint density at radius 3 is 2.18 bits per heavy atom. The second-order valence-corrected chi connectivity index (χ2v) is 4.40. The van der Waals surface area contributed by atoms with Crippen LogP contribution in [0, 0.1) is 11.3 Å². The zero-order chi connectivity index (χ0) is 8.65. The normalized spacial score (nSPS) is 32.2. The van der Waals surface area contributed by atoms with Crippen molar-refractivity contribution in [3.63, 3.8) is 0 Å². The van der Waals surface area contributed by atoms with Gasteiger partial charge in [-0.25, -0.2) is 0 Å². The highest BCUT2D eigenvalue weighted by Gasteiger charge is 2.39. The van der Waals surface area contributed by atoms with Crippen molar-refractivity contribution in [3.05, 3.63) is 0 Å². The van der Waals surface area contributed by atoms with Gasteiger partial charge in [-0.3, -0.25) is 4.79 Å². The molecular formula is C9H16O2. The fourth-order valence-corrected chi connectivity index (χ4v) is 1.46. The fourth-order valence-electron chi connectivity index (χ4n) is 1.46. The summed E-state index contributed by atoms with van der Waals surface area (Å²) in [6, 6.07) is 0. The van der Waals surface area contributed by atoms with Crippen LogP contribution in [-0.2, 0) is 9.53 Å². The Kier molecular flexibility index (Phi) is 1.95. The van der Waals surface area contributed by atoms with E-state index in [1.807, 2.05) is 6.92 Å². The summed E-state index contributed by atoms with van der Waals surface area (Å²) in [5, 5.41) is 0. The van der Waals surface area contributed by atoms with E-state index in [0.717, 1.165) is 6.42 Å². The van der Waals surface area contributed by atoms with Gasteiger partial charge < -0.3 is 4.74 Å². The van der Waals surface area contributed by atoms with E-state index in [4.69, 9.17) is 4.74 Å². The topological polar surface area (TPSA) is 26.3 Å². The van der Waals surface area contributed by atoms with Crippen LogP contribution in [-0.4, -0.2) is 12.1 Å². The molecule has 0 saturated carbocycles. The summed E-state index contributed by atoms with van der Waals surface area (Å²) in [6.07, 6.45) is 0.995. The number of hydrogen-bond acceptors (Lipinski definition) is 2. The molecule has 0 aromatic rings. The van der Waals surface area contributed by atoms with E-state index in [2.05, 4.69) is 20.8 Å². The maximum absolute atomic E-state index is 11.2. The number of cyclic esters (lactones) is 1. The van der Waals surface area contributed by atoms with Crippen LogP contribution in [0.5, 0.6) is 0 Å². The lowest BCUT2D eigenvalue weighted by Crippen LogP contribution is -2.24. The quantitative estimate of drug-likeness (QED) is 0.501. The molecule has 1 saturated heterocycles. The van der Waals surface area contributed by atoms with Gasteiger partial charge >= 0.3 is 5.97 Å². The van der Waals surface area contributed by atoms with E-state index in [-0.39, 0.29) is 23.4 Å². The van der Waals surface area contributed by atoms with Crippen molar-refractivity contribution in [2.24, 2.45) is 11.3 Å². The minimum atomic E-state index is -0.0231. The smallest absolute Gasteiger partial charge is 0.309 e. The molecule has 1 rings (SSSR count). The zero-order valence-corrected chi connectivity index (χ0v) is 7.68. The van der Waals surface area contributed by atoms with Crippen molar-refractivity contribution in [2.75, 3.05) is 0 Å². The molecule has 11 heavy (non-hydrogen) atoms. The first-order valence-electron chi connectivity index (χ1n) is 4.12. The number of ether oxygens (including phenoxy) is 1. The molecule has 0 aliphatic carbocycles. The van der Waals surface area contributed by atoms with Gasteiger partial charge in [0.05, 0.1) is 12.0 Å². The van der Waals surface area contributed by atoms with Gasteiger partial charge in [-0.05, 0) is 18.8 Å². The first-order valence-corrected chi connectivity index (χ1v) is 4.12. The van der Waals surface area contributed by atoms with E-state index < -0.39 is 0 Å². The van der Waals surface area contributed by atoms with Crippen molar-refractivity contribution < 1.29 is 9.53 Å². The molecule has 1 aliphatic heterocycles.